The van der Waals surface area contributed by atoms with Gasteiger partial charge < -0.3 is 9.88 Å². The lowest BCUT2D eigenvalue weighted by molar-refractivity contribution is -0.119. The minimum Gasteiger partial charge on any atom is -0.334 e. The Kier molecular flexibility index (Phi) is 8.54. The fourth-order valence-electron chi connectivity index (χ4n) is 4.05. The molecule has 2 heterocycles. The van der Waals surface area contributed by atoms with Crippen molar-refractivity contribution in [2.75, 3.05) is 5.75 Å². The topological polar surface area (TPSA) is 88.9 Å². The van der Waals surface area contributed by atoms with Crippen LogP contribution in [0.4, 0.5) is 4.79 Å². The Labute approximate surface area is 202 Å². The number of nitrogens with one attached hydrogen (secondary N) is 2. The van der Waals surface area contributed by atoms with Gasteiger partial charge in [0.05, 0.1) is 0 Å². The molecule has 0 aliphatic heterocycles. The van der Waals surface area contributed by atoms with Gasteiger partial charge >= 0.3 is 6.03 Å². The van der Waals surface area contributed by atoms with Gasteiger partial charge in [-0.2, -0.15) is 0 Å². The molecule has 2 N–H and O–H groups in total. The van der Waals surface area contributed by atoms with Gasteiger partial charge in [-0.25, -0.2) is 4.79 Å². The third-order valence-corrected chi connectivity index (χ3v) is 7.52. The average Bonchev–Trinajstić information content (AvgIpc) is 3.49. The van der Waals surface area contributed by atoms with Gasteiger partial charge in [-0.1, -0.05) is 67.4 Å². The Bertz CT molecular complexity index is 1030. The smallest absolute Gasteiger partial charge is 0.321 e. The molecule has 7 nitrogen and oxygen atoms in total. The normalized spacial score (nSPS) is 14.2. The van der Waals surface area contributed by atoms with Crippen molar-refractivity contribution < 1.29 is 9.59 Å². The van der Waals surface area contributed by atoms with E-state index in [9.17, 15) is 9.59 Å². The first-order chi connectivity index (χ1) is 16.2. The molecule has 9 heteroatoms. The van der Waals surface area contributed by atoms with Crippen LogP contribution in [-0.2, 0) is 17.8 Å². The van der Waals surface area contributed by atoms with E-state index in [1.54, 1.807) is 11.3 Å². The molecule has 0 saturated heterocycles. The summed E-state index contributed by atoms with van der Waals surface area (Å²) in [6.07, 6.45) is 7.05. The number of thioether (sulfide) groups is 1. The molecule has 1 aliphatic rings. The van der Waals surface area contributed by atoms with Gasteiger partial charge in [-0.05, 0) is 29.9 Å². The van der Waals surface area contributed by atoms with E-state index in [0.29, 0.717) is 18.3 Å². The van der Waals surface area contributed by atoms with Crippen LogP contribution in [0.1, 0.15) is 60.8 Å². The number of amides is 3. The highest BCUT2D eigenvalue weighted by Crippen LogP contribution is 2.33. The van der Waals surface area contributed by atoms with E-state index in [4.69, 9.17) is 0 Å². The Morgan fingerprint density at radius 3 is 2.64 bits per heavy atom. The third-order valence-electron chi connectivity index (χ3n) is 5.70. The van der Waals surface area contributed by atoms with Crippen LogP contribution in [0.3, 0.4) is 0 Å². The van der Waals surface area contributed by atoms with Crippen molar-refractivity contribution in [3.8, 4) is 0 Å². The van der Waals surface area contributed by atoms with Crippen molar-refractivity contribution >= 4 is 35.0 Å². The number of thiophene rings is 1. The number of urea groups is 1. The number of hydrogen-bond acceptors (Lipinski definition) is 6. The number of nitrogens with zero attached hydrogens (tertiary/aromatic N) is 3. The zero-order valence-corrected chi connectivity index (χ0v) is 20.2. The number of rotatable bonds is 9. The maximum Gasteiger partial charge on any atom is 0.321 e. The van der Waals surface area contributed by atoms with E-state index in [-0.39, 0.29) is 12.3 Å². The van der Waals surface area contributed by atoms with Gasteiger partial charge in [0.15, 0.2) is 5.16 Å². The van der Waals surface area contributed by atoms with E-state index < -0.39 is 6.03 Å². The quantitative estimate of drug-likeness (QED) is 0.421. The molecular formula is C24H29N5O2S2. The lowest BCUT2D eigenvalue weighted by atomic mass is 9.95. The molecule has 0 spiro atoms. The number of carbonyl (C=O) groups is 2. The summed E-state index contributed by atoms with van der Waals surface area (Å²) in [5.41, 5.74) is 0.982. The van der Waals surface area contributed by atoms with Crippen molar-refractivity contribution in [1.82, 2.24) is 25.4 Å². The first-order valence-corrected chi connectivity index (χ1v) is 13.3. The minimum atomic E-state index is -0.475. The second-order valence-corrected chi connectivity index (χ2v) is 10.2. The molecular weight excluding hydrogens is 454 g/mol. The molecule has 0 unspecified atom stereocenters. The van der Waals surface area contributed by atoms with Gasteiger partial charge in [0, 0.05) is 36.1 Å². The van der Waals surface area contributed by atoms with Gasteiger partial charge in [-0.15, -0.1) is 21.5 Å². The number of carbonyl (C=O) groups excluding carboxylic acids is 2. The molecule has 0 bridgehead atoms. The van der Waals surface area contributed by atoms with Crippen LogP contribution in [0.15, 0.2) is 53.0 Å². The van der Waals surface area contributed by atoms with Gasteiger partial charge in [0.2, 0.25) is 5.91 Å². The Morgan fingerprint density at radius 2 is 1.88 bits per heavy atom. The third kappa shape index (κ3) is 6.91. The summed E-state index contributed by atoms with van der Waals surface area (Å²) in [5, 5.41) is 17.0. The second-order valence-electron chi connectivity index (χ2n) is 8.13. The molecule has 1 fully saturated rings. The number of benzene rings is 1. The van der Waals surface area contributed by atoms with Gasteiger partial charge in [0.1, 0.15) is 5.82 Å². The molecule has 3 amide bonds. The van der Waals surface area contributed by atoms with Gasteiger partial charge in [0.25, 0.3) is 0 Å². The first-order valence-electron chi connectivity index (χ1n) is 11.4. The van der Waals surface area contributed by atoms with Crippen LogP contribution >= 0.6 is 23.1 Å². The maximum absolute atomic E-state index is 12.2. The van der Waals surface area contributed by atoms with Crippen LogP contribution in [0, 0.1) is 0 Å². The molecule has 1 aliphatic carbocycles. The predicted molar refractivity (Wildman–Crippen MR) is 131 cm³/mol. The summed E-state index contributed by atoms with van der Waals surface area (Å²) in [4.78, 5) is 25.5. The molecule has 3 aromatic rings. The molecule has 2 aromatic heterocycles. The van der Waals surface area contributed by atoms with Crippen LogP contribution < -0.4 is 10.6 Å². The first kappa shape index (κ1) is 23.5. The zero-order chi connectivity index (χ0) is 22.9. The Morgan fingerprint density at radius 1 is 1.06 bits per heavy atom. The molecule has 1 saturated carbocycles. The zero-order valence-electron chi connectivity index (χ0n) is 18.5. The minimum absolute atomic E-state index is 0.237. The second kappa shape index (κ2) is 12.0. The molecule has 174 valence electrons. The summed E-state index contributed by atoms with van der Waals surface area (Å²) in [7, 11) is 0. The summed E-state index contributed by atoms with van der Waals surface area (Å²) in [6, 6.07) is 13.7. The maximum atomic E-state index is 12.2. The summed E-state index contributed by atoms with van der Waals surface area (Å²) in [6.45, 7) is 0.381. The summed E-state index contributed by atoms with van der Waals surface area (Å²) in [5.74, 6) is 1.24. The van der Waals surface area contributed by atoms with E-state index in [1.165, 1.54) is 35.9 Å². The molecule has 4 rings (SSSR count). The average molecular weight is 484 g/mol. The van der Waals surface area contributed by atoms with Crippen molar-refractivity contribution in [1.29, 1.82) is 0 Å². The van der Waals surface area contributed by atoms with Gasteiger partial charge in [-0.3, -0.25) is 10.1 Å². The largest absolute Gasteiger partial charge is 0.334 e. The predicted octanol–water partition coefficient (Wildman–Crippen LogP) is 4.94. The highest BCUT2D eigenvalue weighted by Gasteiger charge is 2.23. The standard InChI is InChI=1S/C24H29N5O2S2/c30-22(26-23(31)25-17-18-8-3-1-4-9-18)13-15-33-24-28-27-21(16-20-12-7-14-32-20)29(24)19-10-5-2-6-11-19/h1,3-4,7-9,12,14,19H,2,5-6,10-11,13,15-17H2,(H2,25,26,30,31). The van der Waals surface area contributed by atoms with Crippen LogP contribution in [0.5, 0.6) is 0 Å². The number of aromatic nitrogens is 3. The fraction of sp³-hybridized carbons (Fsp3) is 0.417. The number of hydrogen-bond donors (Lipinski definition) is 2. The highest BCUT2D eigenvalue weighted by molar-refractivity contribution is 7.99. The van der Waals surface area contributed by atoms with Crippen molar-refractivity contribution in [2.24, 2.45) is 0 Å². The van der Waals surface area contributed by atoms with Crippen molar-refractivity contribution in [3.63, 3.8) is 0 Å². The Balaban J connectivity index is 1.29. The molecule has 33 heavy (non-hydrogen) atoms. The van der Waals surface area contributed by atoms with E-state index in [2.05, 4.69) is 42.9 Å². The highest BCUT2D eigenvalue weighted by atomic mass is 32.2. The summed E-state index contributed by atoms with van der Waals surface area (Å²) >= 11 is 3.27. The van der Waals surface area contributed by atoms with E-state index >= 15 is 0 Å². The molecule has 1 aromatic carbocycles. The monoisotopic (exact) mass is 483 g/mol. The van der Waals surface area contributed by atoms with E-state index in [1.807, 2.05) is 30.3 Å². The van der Waals surface area contributed by atoms with E-state index in [0.717, 1.165) is 35.8 Å². The van der Waals surface area contributed by atoms with Crippen LogP contribution in [-0.4, -0.2) is 32.5 Å². The van der Waals surface area contributed by atoms with Crippen LogP contribution in [0.25, 0.3) is 0 Å². The summed E-state index contributed by atoms with van der Waals surface area (Å²) < 4.78 is 2.30. The Hall–Kier alpha value is -2.65. The lowest BCUT2D eigenvalue weighted by Crippen LogP contribution is -2.39. The number of imide groups is 1. The van der Waals surface area contributed by atoms with Crippen molar-refractivity contribution in [2.45, 2.75) is 62.7 Å². The van der Waals surface area contributed by atoms with Crippen molar-refractivity contribution in [3.05, 3.63) is 64.1 Å². The van der Waals surface area contributed by atoms with Crippen LogP contribution in [0.2, 0.25) is 0 Å². The molecule has 0 atom stereocenters. The fourth-order valence-corrected chi connectivity index (χ4v) is 5.71. The SMILES string of the molecule is O=C(CCSc1nnc(Cc2cccs2)n1C1CCCCC1)NC(=O)NCc1ccccc1. The lowest BCUT2D eigenvalue weighted by Gasteiger charge is -2.25. The molecule has 0 radical (unpaired) electrons.